The van der Waals surface area contributed by atoms with Crippen molar-refractivity contribution < 1.29 is 13.6 Å². The predicted octanol–water partition coefficient (Wildman–Crippen LogP) is 9.87. The SMILES string of the molecule is CC(C)(C)NCCOP1Oc2c(cc(C(C)(C)C)cc2C(C)(C)C)Cc2cc(C(C)(C)C)cc(C(C)(C)C)c2O1. The number of benzene rings is 2. The Balaban J connectivity index is 2.27. The minimum Gasteiger partial charge on any atom is -0.417 e. The van der Waals surface area contributed by atoms with Crippen LogP contribution < -0.4 is 14.4 Å². The van der Waals surface area contributed by atoms with E-state index in [9.17, 15) is 0 Å². The van der Waals surface area contributed by atoms with Crippen LogP contribution >= 0.6 is 8.60 Å². The Labute approximate surface area is 247 Å². The molecule has 0 bridgehead atoms. The van der Waals surface area contributed by atoms with E-state index in [0.29, 0.717) is 6.61 Å². The largest absolute Gasteiger partial charge is 0.463 e. The van der Waals surface area contributed by atoms with Gasteiger partial charge in [-0.1, -0.05) is 107 Å². The van der Waals surface area contributed by atoms with Gasteiger partial charge in [0.05, 0.1) is 6.61 Å². The van der Waals surface area contributed by atoms with Crippen LogP contribution in [0.25, 0.3) is 0 Å². The lowest BCUT2D eigenvalue weighted by atomic mass is 9.76. The summed E-state index contributed by atoms with van der Waals surface area (Å²) in [5, 5.41) is 3.52. The van der Waals surface area contributed by atoms with Gasteiger partial charge in [0.15, 0.2) is 0 Å². The van der Waals surface area contributed by atoms with Gasteiger partial charge in [-0.05, 0) is 64.7 Å². The first kappa shape index (κ1) is 32.9. The van der Waals surface area contributed by atoms with Gasteiger partial charge < -0.3 is 14.4 Å². The van der Waals surface area contributed by atoms with Gasteiger partial charge in [-0.25, -0.2) is 0 Å². The number of rotatable bonds is 4. The molecule has 1 N–H and O–H groups in total. The van der Waals surface area contributed by atoms with Crippen molar-refractivity contribution in [3.8, 4) is 11.5 Å². The molecule has 0 aliphatic carbocycles. The molecule has 1 aliphatic heterocycles. The van der Waals surface area contributed by atoms with Crippen molar-refractivity contribution in [1.82, 2.24) is 5.32 Å². The molecule has 0 amide bonds. The second-order valence-corrected chi connectivity index (χ2v) is 17.7. The van der Waals surface area contributed by atoms with Crippen molar-refractivity contribution in [3.63, 3.8) is 0 Å². The zero-order valence-corrected chi connectivity index (χ0v) is 29.0. The molecular weight excluding hydrogens is 513 g/mol. The van der Waals surface area contributed by atoms with E-state index >= 15 is 0 Å². The standard InChI is InChI=1S/C35H56NO3P/c1-31(2,3)25-19-23-18-24-20-26(32(4,5)6)22-28(34(10,11)12)30(24)39-40(37-17-16-36-35(13,14)15)38-29(23)27(21-25)33(7,8)9/h19-22,36H,16-18H2,1-15H3. The van der Waals surface area contributed by atoms with Crippen LogP contribution in [0.1, 0.15) is 137 Å². The number of hydrogen-bond donors (Lipinski definition) is 1. The summed E-state index contributed by atoms with van der Waals surface area (Å²) in [6.07, 6.45) is 0.749. The third-order valence-electron chi connectivity index (χ3n) is 7.35. The Hall–Kier alpha value is -1.61. The maximum Gasteiger partial charge on any atom is 0.463 e. The Kier molecular flexibility index (Phi) is 9.24. The lowest BCUT2D eigenvalue weighted by molar-refractivity contribution is 0.248. The topological polar surface area (TPSA) is 39.7 Å². The fourth-order valence-corrected chi connectivity index (χ4v) is 5.92. The molecule has 1 heterocycles. The predicted molar refractivity (Wildman–Crippen MR) is 172 cm³/mol. The highest BCUT2D eigenvalue weighted by atomic mass is 31.2. The van der Waals surface area contributed by atoms with Crippen LogP contribution in [0.5, 0.6) is 11.5 Å². The molecule has 0 atom stereocenters. The fraction of sp³-hybridized carbons (Fsp3) is 0.657. The van der Waals surface area contributed by atoms with Crippen LogP contribution in [0, 0.1) is 0 Å². The van der Waals surface area contributed by atoms with Crippen molar-refractivity contribution in [2.24, 2.45) is 0 Å². The molecule has 224 valence electrons. The monoisotopic (exact) mass is 569 g/mol. The Bertz CT molecular complexity index is 1110. The summed E-state index contributed by atoms with van der Waals surface area (Å²) < 4.78 is 20.0. The maximum atomic E-state index is 6.81. The normalized spacial score (nSPS) is 15.5. The van der Waals surface area contributed by atoms with Crippen molar-refractivity contribution >= 4 is 8.60 Å². The Morgan fingerprint density at radius 1 is 0.625 bits per heavy atom. The third kappa shape index (κ3) is 8.24. The summed E-state index contributed by atoms with van der Waals surface area (Å²) in [6.45, 7) is 35.0. The van der Waals surface area contributed by atoms with Crippen molar-refractivity contribution in [1.29, 1.82) is 0 Å². The van der Waals surface area contributed by atoms with Crippen LogP contribution in [0.15, 0.2) is 24.3 Å². The fourth-order valence-electron chi connectivity index (χ4n) is 4.81. The summed E-state index contributed by atoms with van der Waals surface area (Å²) in [7, 11) is -1.68. The molecule has 3 rings (SSSR count). The quantitative estimate of drug-likeness (QED) is 0.294. The zero-order valence-electron chi connectivity index (χ0n) is 28.1. The van der Waals surface area contributed by atoms with E-state index < -0.39 is 8.60 Å². The first-order valence-corrected chi connectivity index (χ1v) is 16.0. The molecule has 4 nitrogen and oxygen atoms in total. The van der Waals surface area contributed by atoms with Crippen molar-refractivity contribution in [2.45, 2.75) is 137 Å². The average Bonchev–Trinajstić information content (AvgIpc) is 2.73. The van der Waals surface area contributed by atoms with Gasteiger partial charge in [0.1, 0.15) is 11.5 Å². The van der Waals surface area contributed by atoms with E-state index in [1.54, 1.807) is 0 Å². The van der Waals surface area contributed by atoms with E-state index in [2.05, 4.69) is 133 Å². The van der Waals surface area contributed by atoms with E-state index in [4.69, 9.17) is 13.6 Å². The number of nitrogens with one attached hydrogen (secondary N) is 1. The molecule has 0 spiro atoms. The Morgan fingerprint density at radius 2 is 1.02 bits per heavy atom. The molecule has 40 heavy (non-hydrogen) atoms. The molecule has 0 unspecified atom stereocenters. The van der Waals surface area contributed by atoms with Crippen LogP contribution in [0.3, 0.4) is 0 Å². The van der Waals surface area contributed by atoms with Crippen LogP contribution in [-0.4, -0.2) is 18.7 Å². The van der Waals surface area contributed by atoms with Crippen LogP contribution in [0.4, 0.5) is 0 Å². The van der Waals surface area contributed by atoms with E-state index in [0.717, 1.165) is 24.5 Å². The second kappa shape index (κ2) is 11.2. The summed E-state index contributed by atoms with van der Waals surface area (Å²) in [5.74, 6) is 1.83. The minimum absolute atomic E-state index is 0.0143. The molecule has 0 aromatic heterocycles. The van der Waals surface area contributed by atoms with Crippen molar-refractivity contribution in [2.75, 3.05) is 13.2 Å². The van der Waals surface area contributed by atoms with E-state index in [-0.39, 0.29) is 27.2 Å². The molecule has 1 aliphatic rings. The molecule has 0 saturated heterocycles. The Morgan fingerprint density at radius 3 is 1.35 bits per heavy atom. The average molecular weight is 570 g/mol. The summed E-state index contributed by atoms with van der Waals surface area (Å²) >= 11 is 0. The lowest BCUT2D eigenvalue weighted by Crippen LogP contribution is -2.37. The minimum atomic E-state index is -1.68. The van der Waals surface area contributed by atoms with Gasteiger partial charge in [0.2, 0.25) is 0 Å². The highest BCUT2D eigenvalue weighted by molar-refractivity contribution is 7.42. The van der Waals surface area contributed by atoms with Gasteiger partial charge in [-0.2, -0.15) is 0 Å². The number of hydrogen-bond acceptors (Lipinski definition) is 4. The van der Waals surface area contributed by atoms with E-state index in [1.807, 2.05) is 0 Å². The molecule has 0 fully saturated rings. The van der Waals surface area contributed by atoms with Crippen LogP contribution in [0.2, 0.25) is 0 Å². The molecular formula is C35H56NO3P. The van der Waals surface area contributed by atoms with Gasteiger partial charge in [-0.3, -0.25) is 4.52 Å². The number of fused-ring (bicyclic) bond motifs is 2. The van der Waals surface area contributed by atoms with Crippen LogP contribution in [-0.2, 0) is 32.6 Å². The summed E-state index contributed by atoms with van der Waals surface area (Å²) in [5.41, 5.74) is 7.30. The first-order chi connectivity index (χ1) is 18.0. The van der Waals surface area contributed by atoms with Gasteiger partial charge in [-0.15, -0.1) is 0 Å². The summed E-state index contributed by atoms with van der Waals surface area (Å²) in [4.78, 5) is 0. The third-order valence-corrected chi connectivity index (χ3v) is 8.40. The highest BCUT2D eigenvalue weighted by Gasteiger charge is 2.35. The molecule has 5 heteroatoms. The maximum absolute atomic E-state index is 6.81. The highest BCUT2D eigenvalue weighted by Crippen LogP contribution is 2.53. The lowest BCUT2D eigenvalue weighted by Gasteiger charge is -2.34. The molecule has 0 saturated carbocycles. The molecule has 0 radical (unpaired) electrons. The van der Waals surface area contributed by atoms with Crippen molar-refractivity contribution in [3.05, 3.63) is 57.6 Å². The van der Waals surface area contributed by atoms with Gasteiger partial charge in [0.25, 0.3) is 0 Å². The zero-order chi connectivity index (χ0) is 30.5. The molecule has 2 aromatic carbocycles. The smallest absolute Gasteiger partial charge is 0.417 e. The van der Waals surface area contributed by atoms with E-state index in [1.165, 1.54) is 33.4 Å². The molecule has 2 aromatic rings. The second-order valence-electron chi connectivity index (χ2n) is 16.6. The van der Waals surface area contributed by atoms with Gasteiger partial charge in [0, 0.05) is 29.6 Å². The first-order valence-electron chi connectivity index (χ1n) is 14.9. The van der Waals surface area contributed by atoms with Gasteiger partial charge >= 0.3 is 8.60 Å². The summed E-state index contributed by atoms with van der Waals surface area (Å²) in [6, 6.07) is 9.38.